The highest BCUT2D eigenvalue weighted by atomic mass is 16.5. The monoisotopic (exact) mass is 320 g/mol. The van der Waals surface area contributed by atoms with Crippen molar-refractivity contribution >= 4 is 0 Å². The molecule has 0 aromatic rings. The Kier molecular flexibility index (Phi) is 2.99. The summed E-state index contributed by atoms with van der Waals surface area (Å²) in [5, 5.41) is 21.3. The first-order valence-corrected chi connectivity index (χ1v) is 9.89. The van der Waals surface area contributed by atoms with E-state index in [1.165, 1.54) is 32.1 Å². The molecule has 0 unspecified atom stereocenters. The van der Waals surface area contributed by atoms with E-state index in [9.17, 15) is 10.2 Å². The minimum absolute atomic E-state index is 0.102. The zero-order valence-electron chi connectivity index (χ0n) is 14.6. The molecule has 23 heavy (non-hydrogen) atoms. The highest BCUT2D eigenvalue weighted by Crippen LogP contribution is 2.69. The topological polar surface area (TPSA) is 49.7 Å². The van der Waals surface area contributed by atoms with Gasteiger partial charge in [-0.15, -0.1) is 0 Å². The molecule has 130 valence electrons. The van der Waals surface area contributed by atoms with Crippen molar-refractivity contribution in [1.82, 2.24) is 0 Å². The van der Waals surface area contributed by atoms with Crippen LogP contribution in [0.1, 0.15) is 65.2 Å². The van der Waals surface area contributed by atoms with Crippen LogP contribution in [-0.2, 0) is 4.74 Å². The van der Waals surface area contributed by atoms with Crippen molar-refractivity contribution in [3.8, 4) is 0 Å². The van der Waals surface area contributed by atoms with E-state index in [-0.39, 0.29) is 17.6 Å². The lowest BCUT2D eigenvalue weighted by atomic mass is 9.44. The third kappa shape index (κ3) is 1.72. The van der Waals surface area contributed by atoms with Gasteiger partial charge < -0.3 is 14.9 Å². The number of hydrogen-bond donors (Lipinski definition) is 2. The van der Waals surface area contributed by atoms with Crippen molar-refractivity contribution in [3.05, 3.63) is 0 Å². The maximum Gasteiger partial charge on any atom is 0.0840 e. The number of aliphatic hydroxyl groups is 2. The van der Waals surface area contributed by atoms with Crippen molar-refractivity contribution in [2.24, 2.45) is 34.5 Å². The minimum Gasteiger partial charge on any atom is -0.390 e. The summed E-state index contributed by atoms with van der Waals surface area (Å²) in [5.74, 6) is 2.91. The van der Waals surface area contributed by atoms with Crippen molar-refractivity contribution in [2.45, 2.75) is 83.0 Å². The van der Waals surface area contributed by atoms with Crippen LogP contribution in [-0.4, -0.2) is 34.6 Å². The molecular weight excluding hydrogens is 288 g/mol. The largest absolute Gasteiger partial charge is 0.390 e. The molecule has 0 aromatic heterocycles. The van der Waals surface area contributed by atoms with Gasteiger partial charge in [0.1, 0.15) is 0 Å². The summed E-state index contributed by atoms with van der Waals surface area (Å²) < 4.78 is 6.08. The van der Waals surface area contributed by atoms with E-state index >= 15 is 0 Å². The summed E-state index contributed by atoms with van der Waals surface area (Å²) in [4.78, 5) is 0. The molecule has 9 atom stereocenters. The van der Waals surface area contributed by atoms with E-state index in [0.717, 1.165) is 37.7 Å². The van der Waals surface area contributed by atoms with Gasteiger partial charge in [-0.2, -0.15) is 0 Å². The Balaban J connectivity index is 1.50. The first kappa shape index (κ1) is 15.2. The van der Waals surface area contributed by atoms with Crippen LogP contribution in [0.3, 0.4) is 0 Å². The normalized spacial score (nSPS) is 64.2. The van der Waals surface area contributed by atoms with E-state index in [1.807, 2.05) is 0 Å². The van der Waals surface area contributed by atoms with Crippen LogP contribution >= 0.6 is 0 Å². The first-order chi connectivity index (χ1) is 10.9. The van der Waals surface area contributed by atoms with Crippen LogP contribution in [0.2, 0.25) is 0 Å². The van der Waals surface area contributed by atoms with Gasteiger partial charge in [-0.3, -0.25) is 0 Å². The zero-order chi connectivity index (χ0) is 16.0. The molecule has 5 aliphatic rings. The fraction of sp³-hybridized carbons (Fsp3) is 1.00. The summed E-state index contributed by atoms with van der Waals surface area (Å²) in [6, 6.07) is 0. The van der Waals surface area contributed by atoms with Crippen molar-refractivity contribution in [1.29, 1.82) is 0 Å². The number of aliphatic hydroxyl groups excluding tert-OH is 1. The molecule has 3 heteroatoms. The van der Waals surface area contributed by atoms with E-state index in [2.05, 4.69) is 13.8 Å². The SMILES string of the molecule is C[C@]12CC[C@H]3[C@@H](CC[C@H]4C[C@@H](O)[C@@H]5C[C@@]43CO5)[C@@H]1CC[C@@]2(C)O. The molecule has 0 amide bonds. The fourth-order valence-corrected chi connectivity index (χ4v) is 7.97. The number of ether oxygens (including phenoxy) is 1. The second-order valence-electron chi connectivity index (χ2n) is 10.0. The van der Waals surface area contributed by atoms with Gasteiger partial charge in [0.25, 0.3) is 0 Å². The van der Waals surface area contributed by atoms with Gasteiger partial charge in [0.15, 0.2) is 0 Å². The van der Waals surface area contributed by atoms with Gasteiger partial charge in [-0.05, 0) is 87.4 Å². The summed E-state index contributed by atoms with van der Waals surface area (Å²) in [5.41, 5.74) is -0.0120. The summed E-state index contributed by atoms with van der Waals surface area (Å²) in [6.07, 6.45) is 9.13. The fourth-order valence-electron chi connectivity index (χ4n) is 7.97. The minimum atomic E-state index is -0.478. The second kappa shape index (κ2) is 4.53. The van der Waals surface area contributed by atoms with Crippen LogP contribution < -0.4 is 0 Å². The average Bonchev–Trinajstić information content (AvgIpc) is 3.00. The molecular formula is C20H32O3. The quantitative estimate of drug-likeness (QED) is 0.721. The molecule has 1 spiro atoms. The predicted molar refractivity (Wildman–Crippen MR) is 87.8 cm³/mol. The number of rotatable bonds is 0. The Morgan fingerprint density at radius 1 is 1.00 bits per heavy atom. The van der Waals surface area contributed by atoms with E-state index in [4.69, 9.17) is 4.74 Å². The van der Waals surface area contributed by atoms with Crippen LogP contribution in [0.4, 0.5) is 0 Å². The molecule has 4 aliphatic carbocycles. The Morgan fingerprint density at radius 2 is 1.78 bits per heavy atom. The van der Waals surface area contributed by atoms with E-state index < -0.39 is 5.60 Å². The summed E-state index contributed by atoms with van der Waals surface area (Å²) in [7, 11) is 0. The Hall–Kier alpha value is -0.120. The molecule has 0 aromatic carbocycles. The summed E-state index contributed by atoms with van der Waals surface area (Å²) in [6.45, 7) is 5.34. The number of hydrogen-bond acceptors (Lipinski definition) is 3. The van der Waals surface area contributed by atoms with Crippen molar-refractivity contribution in [3.63, 3.8) is 0 Å². The van der Waals surface area contributed by atoms with Crippen LogP contribution in [0, 0.1) is 34.5 Å². The van der Waals surface area contributed by atoms with Gasteiger partial charge in [0, 0.05) is 5.41 Å². The Labute approximate surface area is 139 Å². The molecule has 5 fully saturated rings. The Morgan fingerprint density at radius 3 is 2.61 bits per heavy atom. The molecule has 1 saturated heterocycles. The molecule has 3 nitrogen and oxygen atoms in total. The van der Waals surface area contributed by atoms with Crippen LogP contribution in [0.25, 0.3) is 0 Å². The van der Waals surface area contributed by atoms with Crippen LogP contribution in [0.5, 0.6) is 0 Å². The van der Waals surface area contributed by atoms with E-state index in [0.29, 0.717) is 17.3 Å². The average molecular weight is 320 g/mol. The first-order valence-electron chi connectivity index (χ1n) is 9.89. The molecule has 2 bridgehead atoms. The zero-order valence-corrected chi connectivity index (χ0v) is 14.6. The van der Waals surface area contributed by atoms with Gasteiger partial charge in [-0.25, -0.2) is 0 Å². The lowest BCUT2D eigenvalue weighted by Crippen LogP contribution is -2.57. The lowest BCUT2D eigenvalue weighted by Gasteiger charge is -2.60. The molecule has 0 radical (unpaired) electrons. The molecule has 4 saturated carbocycles. The van der Waals surface area contributed by atoms with Crippen molar-refractivity contribution in [2.75, 3.05) is 6.61 Å². The highest BCUT2D eigenvalue weighted by molar-refractivity contribution is 5.15. The lowest BCUT2D eigenvalue weighted by molar-refractivity contribution is -0.148. The molecule has 5 rings (SSSR count). The predicted octanol–water partition coefficient (Wildman–Crippen LogP) is 3.13. The van der Waals surface area contributed by atoms with Gasteiger partial charge in [-0.1, -0.05) is 6.92 Å². The van der Waals surface area contributed by atoms with Crippen LogP contribution in [0.15, 0.2) is 0 Å². The third-order valence-electron chi connectivity index (χ3n) is 9.50. The van der Waals surface area contributed by atoms with Gasteiger partial charge >= 0.3 is 0 Å². The standard InChI is InChI=1S/C20H32O3/c1-18-7-5-15-13(14(18)6-8-19(18,2)22)4-3-12-9-16(21)17-10-20(12,15)11-23-17/h12-17,21-22H,3-11H2,1-2H3/t12-,13-,14-,15-,16+,17-,18-,19+,20+/m0/s1. The third-order valence-corrected chi connectivity index (χ3v) is 9.50. The van der Waals surface area contributed by atoms with Gasteiger partial charge in [0.05, 0.1) is 24.4 Å². The molecule has 2 N–H and O–H groups in total. The summed E-state index contributed by atoms with van der Waals surface area (Å²) >= 11 is 0. The maximum atomic E-state index is 11.0. The van der Waals surface area contributed by atoms with Crippen molar-refractivity contribution < 1.29 is 14.9 Å². The molecule has 1 aliphatic heterocycles. The van der Waals surface area contributed by atoms with Gasteiger partial charge in [0.2, 0.25) is 0 Å². The second-order valence-corrected chi connectivity index (χ2v) is 10.0. The smallest absolute Gasteiger partial charge is 0.0840 e. The molecule has 1 heterocycles. The maximum absolute atomic E-state index is 11.0. The number of fused-ring (bicyclic) bond motifs is 4. The highest BCUT2D eigenvalue weighted by Gasteiger charge is 2.66. The Bertz CT molecular complexity index is 517. The van der Waals surface area contributed by atoms with E-state index in [1.54, 1.807) is 0 Å².